The zero-order chi connectivity index (χ0) is 27.5. The number of fused-ring (bicyclic) bond motifs is 1. The van der Waals surface area contributed by atoms with Crippen LogP contribution in [0.5, 0.6) is 5.75 Å². The van der Waals surface area contributed by atoms with Crippen LogP contribution in [0.15, 0.2) is 84.6 Å². The lowest BCUT2D eigenvalue weighted by Gasteiger charge is -2.26. The number of imide groups is 2. The van der Waals surface area contributed by atoms with E-state index in [2.05, 4.69) is 19.2 Å². The number of hydrogen-bond acceptors (Lipinski definition) is 4. The van der Waals surface area contributed by atoms with Gasteiger partial charge in [0.05, 0.1) is 12.2 Å². The summed E-state index contributed by atoms with van der Waals surface area (Å²) in [6.45, 7) is 7.26. The van der Waals surface area contributed by atoms with Gasteiger partial charge in [0.1, 0.15) is 17.9 Å². The molecule has 0 radical (unpaired) electrons. The molecule has 1 saturated heterocycles. The lowest BCUT2D eigenvalue weighted by molar-refractivity contribution is -0.122. The average molecular weight is 522 g/mol. The first-order valence-corrected chi connectivity index (χ1v) is 13.1. The van der Waals surface area contributed by atoms with Crippen LogP contribution in [0.3, 0.4) is 0 Å². The Bertz CT molecular complexity index is 1580. The van der Waals surface area contributed by atoms with Crippen LogP contribution < -0.4 is 15.0 Å². The number of amides is 4. The third-order valence-corrected chi connectivity index (χ3v) is 7.24. The van der Waals surface area contributed by atoms with Gasteiger partial charge in [0.25, 0.3) is 11.8 Å². The zero-order valence-electron chi connectivity index (χ0n) is 22.3. The molecule has 4 amide bonds. The van der Waals surface area contributed by atoms with Crippen molar-refractivity contribution in [3.8, 4) is 5.75 Å². The number of carbonyl (C=O) groups excluding carboxylic acids is 3. The molecule has 1 atom stereocenters. The summed E-state index contributed by atoms with van der Waals surface area (Å²) in [6.07, 6.45) is 4.45. The number of barbiturate groups is 1. The number of anilines is 1. The topological polar surface area (TPSA) is 80.6 Å². The Morgan fingerprint density at radius 2 is 1.67 bits per heavy atom. The molecule has 1 aliphatic heterocycles. The Labute approximate surface area is 227 Å². The maximum absolute atomic E-state index is 13.5. The Morgan fingerprint density at radius 3 is 2.41 bits per heavy atom. The molecular formula is C32H31N3O4. The van der Waals surface area contributed by atoms with Crippen LogP contribution in [0.25, 0.3) is 17.0 Å². The van der Waals surface area contributed by atoms with Gasteiger partial charge in [-0.15, -0.1) is 0 Å². The minimum atomic E-state index is -0.755. The highest BCUT2D eigenvalue weighted by atomic mass is 16.5. The fraction of sp³-hybridized carbons (Fsp3) is 0.219. The molecule has 0 spiro atoms. The summed E-state index contributed by atoms with van der Waals surface area (Å²) >= 11 is 0. The second kappa shape index (κ2) is 11.0. The first kappa shape index (κ1) is 26.0. The van der Waals surface area contributed by atoms with Gasteiger partial charge in [-0.25, -0.2) is 9.69 Å². The van der Waals surface area contributed by atoms with Crippen molar-refractivity contribution >= 4 is 40.5 Å². The smallest absolute Gasteiger partial charge is 0.335 e. The number of aromatic nitrogens is 1. The summed E-state index contributed by atoms with van der Waals surface area (Å²) in [4.78, 5) is 40.0. The van der Waals surface area contributed by atoms with E-state index < -0.39 is 17.8 Å². The van der Waals surface area contributed by atoms with E-state index in [0.29, 0.717) is 30.3 Å². The molecule has 1 unspecified atom stereocenters. The molecule has 1 fully saturated rings. The number of ether oxygens (including phenoxy) is 1. The lowest BCUT2D eigenvalue weighted by atomic mass is 9.98. The molecule has 0 saturated carbocycles. The number of benzene rings is 3. The van der Waals surface area contributed by atoms with E-state index in [4.69, 9.17) is 4.74 Å². The van der Waals surface area contributed by atoms with Gasteiger partial charge in [-0.2, -0.15) is 0 Å². The van der Waals surface area contributed by atoms with Crippen molar-refractivity contribution in [1.29, 1.82) is 0 Å². The minimum absolute atomic E-state index is 0.0975. The van der Waals surface area contributed by atoms with Crippen molar-refractivity contribution in [2.24, 2.45) is 0 Å². The predicted octanol–water partition coefficient (Wildman–Crippen LogP) is 6.21. The van der Waals surface area contributed by atoms with E-state index in [-0.39, 0.29) is 5.57 Å². The van der Waals surface area contributed by atoms with Crippen molar-refractivity contribution < 1.29 is 19.1 Å². The summed E-state index contributed by atoms with van der Waals surface area (Å²) in [5.74, 6) is -0.166. The van der Waals surface area contributed by atoms with Crippen molar-refractivity contribution in [3.63, 3.8) is 0 Å². The van der Waals surface area contributed by atoms with Gasteiger partial charge in [-0.05, 0) is 60.7 Å². The average Bonchev–Trinajstić information content (AvgIpc) is 3.29. The highest BCUT2D eigenvalue weighted by Crippen LogP contribution is 2.28. The third kappa shape index (κ3) is 5.21. The second-order valence-corrected chi connectivity index (χ2v) is 9.77. The molecule has 198 valence electrons. The fourth-order valence-corrected chi connectivity index (χ4v) is 4.78. The molecule has 39 heavy (non-hydrogen) atoms. The van der Waals surface area contributed by atoms with Crippen LogP contribution in [0.4, 0.5) is 10.5 Å². The molecule has 7 heteroatoms. The number of carbonyl (C=O) groups is 3. The van der Waals surface area contributed by atoms with Crippen LogP contribution >= 0.6 is 0 Å². The largest absolute Gasteiger partial charge is 0.491 e. The van der Waals surface area contributed by atoms with E-state index in [1.54, 1.807) is 18.2 Å². The monoisotopic (exact) mass is 521 g/mol. The van der Waals surface area contributed by atoms with Crippen molar-refractivity contribution in [2.75, 3.05) is 11.5 Å². The molecule has 2 heterocycles. The first-order chi connectivity index (χ1) is 18.9. The number of rotatable bonds is 8. The molecule has 1 N–H and O–H groups in total. The van der Waals surface area contributed by atoms with Crippen molar-refractivity contribution in [3.05, 3.63) is 101 Å². The van der Waals surface area contributed by atoms with Crippen molar-refractivity contribution in [2.45, 2.75) is 39.7 Å². The normalized spacial score (nSPS) is 15.6. The summed E-state index contributed by atoms with van der Waals surface area (Å²) in [7, 11) is 0. The summed E-state index contributed by atoms with van der Waals surface area (Å²) < 4.78 is 8.03. The predicted molar refractivity (Wildman–Crippen MR) is 153 cm³/mol. The number of nitrogens with one attached hydrogen (secondary N) is 1. The highest BCUT2D eigenvalue weighted by Gasteiger charge is 2.37. The summed E-state index contributed by atoms with van der Waals surface area (Å²) in [5.41, 5.74) is 4.17. The number of aryl methyl sites for hydroxylation is 1. The molecule has 3 aromatic carbocycles. The highest BCUT2D eigenvalue weighted by molar-refractivity contribution is 6.39. The molecule has 0 aliphatic carbocycles. The number of nitrogens with zero attached hydrogens (tertiary/aromatic N) is 2. The molecule has 4 aromatic rings. The minimum Gasteiger partial charge on any atom is -0.491 e. The van der Waals surface area contributed by atoms with Gasteiger partial charge >= 0.3 is 6.03 Å². The lowest BCUT2D eigenvalue weighted by Crippen LogP contribution is -2.54. The molecular weight excluding hydrogens is 490 g/mol. The summed E-state index contributed by atoms with van der Waals surface area (Å²) in [6, 6.07) is 22.2. The number of urea groups is 1. The van der Waals surface area contributed by atoms with E-state index in [9.17, 15) is 14.4 Å². The van der Waals surface area contributed by atoms with Gasteiger partial charge in [0.2, 0.25) is 0 Å². The maximum Gasteiger partial charge on any atom is 0.335 e. The Balaban J connectivity index is 1.43. The van der Waals surface area contributed by atoms with Crippen LogP contribution in [-0.2, 0) is 16.1 Å². The Morgan fingerprint density at radius 1 is 0.949 bits per heavy atom. The summed E-state index contributed by atoms with van der Waals surface area (Å²) in [5, 5.41) is 3.21. The standard InChI is InChI=1S/C32H31N3O4/c1-4-21(2)23-13-15-25(16-14-23)35-31(37)27(30(36)33-32(35)38)19-24-20-34(28-11-7-6-10-26(24)28)17-18-39-29-12-8-5-9-22(29)3/h5-16,19-21H,4,17-18H2,1-3H3,(H,33,36,38)/b27-19-. The SMILES string of the molecule is CCC(C)c1ccc(N2C(=O)NC(=O)/C(=C/c3cn(CCOc4ccccc4C)c4ccccc34)C2=O)cc1. The van der Waals surface area contributed by atoms with Crippen LogP contribution in [0.2, 0.25) is 0 Å². The van der Waals surface area contributed by atoms with Crippen molar-refractivity contribution in [1.82, 2.24) is 9.88 Å². The maximum atomic E-state index is 13.5. The Hall–Kier alpha value is -4.65. The molecule has 0 bridgehead atoms. The molecule has 1 aromatic heterocycles. The third-order valence-electron chi connectivity index (χ3n) is 7.24. The second-order valence-electron chi connectivity index (χ2n) is 9.77. The van der Waals surface area contributed by atoms with E-state index >= 15 is 0 Å². The van der Waals surface area contributed by atoms with Gasteiger partial charge in [-0.1, -0.05) is 62.4 Å². The number of para-hydroxylation sites is 2. The van der Waals surface area contributed by atoms with Gasteiger partial charge in [0, 0.05) is 22.7 Å². The molecule has 5 rings (SSSR count). The van der Waals surface area contributed by atoms with Gasteiger partial charge in [-0.3, -0.25) is 14.9 Å². The Kier molecular flexibility index (Phi) is 7.32. The fourth-order valence-electron chi connectivity index (χ4n) is 4.78. The van der Waals surface area contributed by atoms with E-state index in [1.165, 1.54) is 0 Å². The van der Waals surface area contributed by atoms with Crippen LogP contribution in [0, 0.1) is 6.92 Å². The van der Waals surface area contributed by atoms with Crippen LogP contribution in [-0.4, -0.2) is 29.0 Å². The number of hydrogen-bond donors (Lipinski definition) is 1. The van der Waals surface area contributed by atoms with Crippen LogP contribution in [0.1, 0.15) is 42.9 Å². The first-order valence-electron chi connectivity index (χ1n) is 13.1. The van der Waals surface area contributed by atoms with E-state index in [1.807, 2.05) is 78.4 Å². The van der Waals surface area contributed by atoms with E-state index in [0.717, 1.165) is 39.1 Å². The molecule has 1 aliphatic rings. The van der Waals surface area contributed by atoms with Gasteiger partial charge < -0.3 is 9.30 Å². The quantitative estimate of drug-likeness (QED) is 0.221. The van der Waals surface area contributed by atoms with Gasteiger partial charge in [0.15, 0.2) is 0 Å². The molecule has 7 nitrogen and oxygen atoms in total. The zero-order valence-corrected chi connectivity index (χ0v) is 22.3.